The highest BCUT2D eigenvalue weighted by molar-refractivity contribution is 6.37. The van der Waals surface area contributed by atoms with Gasteiger partial charge in [-0.05, 0) is 24.6 Å². The summed E-state index contributed by atoms with van der Waals surface area (Å²) < 4.78 is 13.9. The quantitative estimate of drug-likeness (QED) is 0.316. The Morgan fingerprint density at radius 2 is 1.50 bits per heavy atom. The minimum absolute atomic E-state index is 0.0287. The monoisotopic (exact) mass is 356 g/mol. The number of hydrogen-bond donors (Lipinski definition) is 0. The minimum Gasteiger partial charge on any atom is -0.468 e. The van der Waals surface area contributed by atoms with E-state index < -0.39 is 35.5 Å². The molecule has 0 N–H and O–H groups in total. The minimum atomic E-state index is -1.64. The molecule has 0 radical (unpaired) electrons. The van der Waals surface area contributed by atoms with Crippen LogP contribution in [0, 0.1) is 5.92 Å². The number of Topliss-reactive ketones (excluding diaryl/α,β-unsaturated/α-hetero) is 1. The number of rotatable bonds is 7. The van der Waals surface area contributed by atoms with Crippen molar-refractivity contribution in [1.82, 2.24) is 0 Å². The van der Waals surface area contributed by atoms with Crippen LogP contribution in [0.25, 0.3) is 0 Å². The Labute approximate surface area is 143 Å². The predicted molar refractivity (Wildman–Crippen MR) is 83.4 cm³/mol. The van der Waals surface area contributed by atoms with Gasteiger partial charge in [-0.25, -0.2) is 4.79 Å². The van der Waals surface area contributed by atoms with Crippen molar-refractivity contribution in [3.8, 4) is 0 Å². The standard InChI is InChI=1S/C16H17ClO7/c1-4-24-16(21)13(18)11(9-5-7-10(17)8-6-9)12(14(19)22-2)15(20)23-3/h5-8,11-12H,4H2,1-3H3. The van der Waals surface area contributed by atoms with Crippen LogP contribution in [0.2, 0.25) is 5.02 Å². The molecule has 0 aliphatic carbocycles. The van der Waals surface area contributed by atoms with Gasteiger partial charge in [0.25, 0.3) is 0 Å². The Balaban J connectivity index is 3.41. The molecule has 24 heavy (non-hydrogen) atoms. The van der Waals surface area contributed by atoms with E-state index in [4.69, 9.17) is 11.6 Å². The second kappa shape index (κ2) is 9.02. The molecular weight excluding hydrogens is 340 g/mol. The molecule has 8 heteroatoms. The lowest BCUT2D eigenvalue weighted by Gasteiger charge is -2.22. The summed E-state index contributed by atoms with van der Waals surface area (Å²) in [6.07, 6.45) is 0. The van der Waals surface area contributed by atoms with Crippen molar-refractivity contribution >= 4 is 35.3 Å². The van der Waals surface area contributed by atoms with E-state index >= 15 is 0 Å². The number of esters is 3. The molecule has 0 amide bonds. The molecule has 1 aromatic carbocycles. The van der Waals surface area contributed by atoms with Crippen molar-refractivity contribution in [2.75, 3.05) is 20.8 Å². The fraction of sp³-hybridized carbons (Fsp3) is 0.375. The Morgan fingerprint density at radius 1 is 1.00 bits per heavy atom. The second-order valence-corrected chi connectivity index (χ2v) is 5.07. The fourth-order valence-electron chi connectivity index (χ4n) is 2.12. The van der Waals surface area contributed by atoms with Gasteiger partial charge in [-0.2, -0.15) is 0 Å². The molecule has 0 aromatic heterocycles. The van der Waals surface area contributed by atoms with Crippen molar-refractivity contribution in [2.45, 2.75) is 12.8 Å². The van der Waals surface area contributed by atoms with E-state index in [1.165, 1.54) is 31.2 Å². The fourth-order valence-corrected chi connectivity index (χ4v) is 2.24. The van der Waals surface area contributed by atoms with Gasteiger partial charge in [0.15, 0.2) is 5.92 Å². The molecule has 7 nitrogen and oxygen atoms in total. The van der Waals surface area contributed by atoms with Gasteiger partial charge in [0.1, 0.15) is 0 Å². The van der Waals surface area contributed by atoms with E-state index in [1.54, 1.807) is 0 Å². The van der Waals surface area contributed by atoms with E-state index in [0.29, 0.717) is 5.02 Å². The van der Waals surface area contributed by atoms with E-state index in [0.717, 1.165) is 14.2 Å². The highest BCUT2D eigenvalue weighted by Crippen LogP contribution is 2.29. The Morgan fingerprint density at radius 3 is 1.92 bits per heavy atom. The summed E-state index contributed by atoms with van der Waals surface area (Å²) in [5, 5.41) is 0.383. The largest absolute Gasteiger partial charge is 0.468 e. The van der Waals surface area contributed by atoms with E-state index in [1.807, 2.05) is 0 Å². The Kier molecular flexibility index (Phi) is 7.38. The third kappa shape index (κ3) is 4.55. The Hall–Kier alpha value is -2.41. The van der Waals surface area contributed by atoms with Crippen molar-refractivity contribution in [1.29, 1.82) is 0 Å². The van der Waals surface area contributed by atoms with Crippen LogP contribution in [0.15, 0.2) is 24.3 Å². The molecule has 0 saturated heterocycles. The maximum Gasteiger partial charge on any atom is 0.375 e. The van der Waals surface area contributed by atoms with Gasteiger partial charge in [0.2, 0.25) is 5.78 Å². The second-order valence-electron chi connectivity index (χ2n) is 4.64. The van der Waals surface area contributed by atoms with Crippen LogP contribution in [-0.4, -0.2) is 44.5 Å². The van der Waals surface area contributed by atoms with Crippen LogP contribution >= 0.6 is 11.6 Å². The van der Waals surface area contributed by atoms with Gasteiger partial charge < -0.3 is 14.2 Å². The zero-order chi connectivity index (χ0) is 18.3. The van der Waals surface area contributed by atoms with E-state index in [9.17, 15) is 19.2 Å². The first kappa shape index (κ1) is 19.6. The molecule has 1 aromatic rings. The van der Waals surface area contributed by atoms with Crippen LogP contribution in [-0.2, 0) is 33.4 Å². The number of methoxy groups -OCH3 is 2. The predicted octanol–water partition coefficient (Wildman–Crippen LogP) is 1.52. The Bertz CT molecular complexity index is 608. The van der Waals surface area contributed by atoms with E-state index in [-0.39, 0.29) is 12.2 Å². The lowest BCUT2D eigenvalue weighted by atomic mass is 9.82. The maximum absolute atomic E-state index is 12.5. The third-order valence-electron chi connectivity index (χ3n) is 3.23. The summed E-state index contributed by atoms with van der Waals surface area (Å²) in [7, 11) is 2.12. The topological polar surface area (TPSA) is 96.0 Å². The summed E-state index contributed by atoms with van der Waals surface area (Å²) in [5.41, 5.74) is 0.234. The first-order chi connectivity index (χ1) is 11.4. The number of ketones is 1. The maximum atomic E-state index is 12.5. The van der Waals surface area contributed by atoms with Crippen LogP contribution in [0.3, 0.4) is 0 Å². The molecule has 1 unspecified atom stereocenters. The van der Waals surface area contributed by atoms with Crippen LogP contribution in [0.1, 0.15) is 18.4 Å². The molecule has 0 fully saturated rings. The molecule has 130 valence electrons. The first-order valence-electron chi connectivity index (χ1n) is 6.99. The summed E-state index contributed by atoms with van der Waals surface area (Å²) in [4.78, 5) is 48.4. The number of halogens is 1. The highest BCUT2D eigenvalue weighted by Gasteiger charge is 2.44. The van der Waals surface area contributed by atoms with Gasteiger partial charge in [-0.15, -0.1) is 0 Å². The third-order valence-corrected chi connectivity index (χ3v) is 3.48. The summed E-state index contributed by atoms with van der Waals surface area (Å²) in [6, 6.07) is 5.80. The summed E-state index contributed by atoms with van der Waals surface area (Å²) in [5.74, 6) is -7.30. The van der Waals surface area contributed by atoms with Crippen LogP contribution in [0.5, 0.6) is 0 Å². The van der Waals surface area contributed by atoms with Gasteiger partial charge in [0.05, 0.1) is 26.7 Å². The van der Waals surface area contributed by atoms with Gasteiger partial charge in [0, 0.05) is 5.02 Å². The lowest BCUT2D eigenvalue weighted by molar-refractivity contribution is -0.163. The van der Waals surface area contributed by atoms with E-state index in [2.05, 4.69) is 14.2 Å². The lowest BCUT2D eigenvalue weighted by Crippen LogP contribution is -2.39. The molecular formula is C16H17ClO7. The molecule has 0 bridgehead atoms. The molecule has 0 aliphatic rings. The molecule has 1 atom stereocenters. The van der Waals surface area contributed by atoms with Gasteiger partial charge in [-0.3, -0.25) is 14.4 Å². The first-order valence-corrected chi connectivity index (χ1v) is 7.37. The van der Waals surface area contributed by atoms with Crippen LogP contribution in [0.4, 0.5) is 0 Å². The number of carbonyl (C=O) groups excluding carboxylic acids is 4. The average Bonchev–Trinajstić information content (AvgIpc) is 2.59. The van der Waals surface area contributed by atoms with Gasteiger partial charge in [-0.1, -0.05) is 23.7 Å². The number of ether oxygens (including phenoxy) is 3. The molecule has 0 aliphatic heterocycles. The van der Waals surface area contributed by atoms with Crippen molar-refractivity contribution < 1.29 is 33.4 Å². The smallest absolute Gasteiger partial charge is 0.375 e. The summed E-state index contributed by atoms with van der Waals surface area (Å²) >= 11 is 5.81. The molecule has 0 spiro atoms. The van der Waals surface area contributed by atoms with Crippen molar-refractivity contribution in [3.63, 3.8) is 0 Å². The molecule has 0 saturated carbocycles. The van der Waals surface area contributed by atoms with Crippen molar-refractivity contribution in [3.05, 3.63) is 34.9 Å². The zero-order valence-electron chi connectivity index (χ0n) is 13.4. The zero-order valence-corrected chi connectivity index (χ0v) is 14.2. The summed E-state index contributed by atoms with van der Waals surface area (Å²) in [6.45, 7) is 1.50. The average molecular weight is 357 g/mol. The normalized spacial score (nSPS) is 11.5. The molecule has 0 heterocycles. The van der Waals surface area contributed by atoms with Crippen molar-refractivity contribution in [2.24, 2.45) is 5.92 Å². The molecule has 1 rings (SSSR count). The van der Waals surface area contributed by atoms with Crippen LogP contribution < -0.4 is 0 Å². The number of carbonyl (C=O) groups is 4. The van der Waals surface area contributed by atoms with Gasteiger partial charge >= 0.3 is 17.9 Å². The highest BCUT2D eigenvalue weighted by atomic mass is 35.5. The SMILES string of the molecule is CCOC(=O)C(=O)C(c1ccc(Cl)cc1)C(C(=O)OC)C(=O)OC. The number of benzene rings is 1. The number of hydrogen-bond acceptors (Lipinski definition) is 7.